The number of hydrogen-bond acceptors (Lipinski definition) is 2. The first-order chi connectivity index (χ1) is 7.66. The van der Waals surface area contributed by atoms with Crippen molar-refractivity contribution in [2.75, 3.05) is 0 Å². The minimum Gasteiger partial charge on any atom is -0.472 e. The molecule has 0 aliphatic carbocycles. The Kier molecular flexibility index (Phi) is 3.89. The van der Waals surface area contributed by atoms with Gasteiger partial charge in [0.1, 0.15) is 0 Å². The molecule has 0 aliphatic rings. The summed E-state index contributed by atoms with van der Waals surface area (Å²) in [5, 5.41) is 0.751. The lowest BCUT2D eigenvalue weighted by Crippen LogP contribution is -2.13. The molecule has 2 nitrogen and oxygen atoms in total. The third-order valence-electron chi connectivity index (χ3n) is 2.41. The summed E-state index contributed by atoms with van der Waals surface area (Å²) in [5.41, 5.74) is 8.25. The number of benzene rings is 1. The summed E-state index contributed by atoms with van der Waals surface area (Å²) in [6.07, 6.45) is 4.13. The van der Waals surface area contributed by atoms with Crippen LogP contribution in [-0.4, -0.2) is 0 Å². The van der Waals surface area contributed by atoms with E-state index in [2.05, 4.69) is 22.6 Å². The second-order valence-corrected chi connectivity index (χ2v) is 5.19. The Morgan fingerprint density at radius 1 is 1.38 bits per heavy atom. The van der Waals surface area contributed by atoms with Crippen LogP contribution in [0.3, 0.4) is 0 Å². The summed E-state index contributed by atoms with van der Waals surface area (Å²) in [6, 6.07) is 7.79. The second-order valence-electron chi connectivity index (χ2n) is 3.62. The van der Waals surface area contributed by atoms with E-state index in [1.165, 1.54) is 0 Å². The highest BCUT2D eigenvalue weighted by Crippen LogP contribution is 2.24. The molecule has 1 aromatic carbocycles. The summed E-state index contributed by atoms with van der Waals surface area (Å²) in [4.78, 5) is 0. The zero-order valence-electron chi connectivity index (χ0n) is 8.49. The standard InChI is InChI=1S/C12H11ClINO/c13-10-6-9(1-2-11(10)14)12(15)5-8-3-4-16-7-8/h1-4,6-7,12H,5,15H2. The Morgan fingerprint density at radius 2 is 2.19 bits per heavy atom. The van der Waals surface area contributed by atoms with Gasteiger partial charge in [-0.3, -0.25) is 0 Å². The van der Waals surface area contributed by atoms with Gasteiger partial charge in [-0.25, -0.2) is 0 Å². The van der Waals surface area contributed by atoms with E-state index in [1.807, 2.05) is 24.3 Å². The summed E-state index contributed by atoms with van der Waals surface area (Å²) >= 11 is 8.26. The number of rotatable bonds is 3. The fourth-order valence-corrected chi connectivity index (χ4v) is 2.05. The number of hydrogen-bond donors (Lipinski definition) is 1. The smallest absolute Gasteiger partial charge is 0.0935 e. The van der Waals surface area contributed by atoms with Crippen LogP contribution in [0.5, 0.6) is 0 Å². The van der Waals surface area contributed by atoms with Gasteiger partial charge in [0.25, 0.3) is 0 Å². The molecule has 1 unspecified atom stereocenters. The molecule has 0 spiro atoms. The SMILES string of the molecule is NC(Cc1ccoc1)c1ccc(I)c(Cl)c1. The summed E-state index contributed by atoms with van der Waals surface area (Å²) in [5.74, 6) is 0. The topological polar surface area (TPSA) is 39.2 Å². The maximum Gasteiger partial charge on any atom is 0.0935 e. The molecule has 4 heteroatoms. The van der Waals surface area contributed by atoms with E-state index in [-0.39, 0.29) is 6.04 Å². The lowest BCUT2D eigenvalue weighted by molar-refractivity contribution is 0.561. The van der Waals surface area contributed by atoms with Gasteiger partial charge in [-0.15, -0.1) is 0 Å². The van der Waals surface area contributed by atoms with Gasteiger partial charge in [-0.1, -0.05) is 17.7 Å². The van der Waals surface area contributed by atoms with Crippen molar-refractivity contribution in [2.45, 2.75) is 12.5 Å². The Bertz CT molecular complexity index is 470. The maximum atomic E-state index is 6.10. The Morgan fingerprint density at radius 3 is 2.81 bits per heavy atom. The van der Waals surface area contributed by atoms with E-state index < -0.39 is 0 Å². The van der Waals surface area contributed by atoms with Crippen molar-refractivity contribution < 1.29 is 4.42 Å². The van der Waals surface area contributed by atoms with Crippen LogP contribution >= 0.6 is 34.2 Å². The number of halogens is 2. The van der Waals surface area contributed by atoms with Crippen LogP contribution in [0.4, 0.5) is 0 Å². The van der Waals surface area contributed by atoms with E-state index in [9.17, 15) is 0 Å². The molecule has 1 aromatic heterocycles. The van der Waals surface area contributed by atoms with E-state index in [1.54, 1.807) is 12.5 Å². The molecule has 0 fully saturated rings. The van der Waals surface area contributed by atoms with Gasteiger partial charge < -0.3 is 10.2 Å². The van der Waals surface area contributed by atoms with E-state index in [4.69, 9.17) is 21.8 Å². The third-order valence-corrected chi connectivity index (χ3v) is 3.98. The molecular weight excluding hydrogens is 336 g/mol. The fourth-order valence-electron chi connectivity index (χ4n) is 1.52. The molecule has 0 saturated heterocycles. The minimum atomic E-state index is -0.0490. The molecule has 0 bridgehead atoms. The summed E-state index contributed by atoms with van der Waals surface area (Å²) in [6.45, 7) is 0. The number of nitrogens with two attached hydrogens (primary N) is 1. The van der Waals surface area contributed by atoms with Crippen molar-refractivity contribution in [3.8, 4) is 0 Å². The van der Waals surface area contributed by atoms with Crippen molar-refractivity contribution in [3.63, 3.8) is 0 Å². The molecule has 0 radical (unpaired) electrons. The van der Waals surface area contributed by atoms with Crippen LogP contribution in [0.25, 0.3) is 0 Å². The second kappa shape index (κ2) is 5.21. The average Bonchev–Trinajstić information content (AvgIpc) is 2.74. The minimum absolute atomic E-state index is 0.0490. The van der Waals surface area contributed by atoms with Crippen molar-refractivity contribution in [1.82, 2.24) is 0 Å². The first kappa shape index (κ1) is 12.0. The van der Waals surface area contributed by atoms with Gasteiger partial charge in [-0.2, -0.15) is 0 Å². The highest BCUT2D eigenvalue weighted by molar-refractivity contribution is 14.1. The number of furan rings is 1. The normalized spacial score (nSPS) is 12.7. The van der Waals surface area contributed by atoms with Crippen molar-refractivity contribution in [1.29, 1.82) is 0 Å². The zero-order valence-corrected chi connectivity index (χ0v) is 11.4. The highest BCUT2D eigenvalue weighted by atomic mass is 127. The lowest BCUT2D eigenvalue weighted by atomic mass is 10.0. The summed E-state index contributed by atoms with van der Waals surface area (Å²) < 4.78 is 6.05. The van der Waals surface area contributed by atoms with Crippen LogP contribution in [-0.2, 0) is 6.42 Å². The first-order valence-electron chi connectivity index (χ1n) is 4.88. The van der Waals surface area contributed by atoms with Crippen molar-refractivity contribution in [3.05, 3.63) is 56.5 Å². The predicted octanol–water partition coefficient (Wildman–Crippen LogP) is 3.78. The van der Waals surface area contributed by atoms with Crippen molar-refractivity contribution in [2.24, 2.45) is 5.73 Å². The van der Waals surface area contributed by atoms with E-state index >= 15 is 0 Å². The average molecular weight is 348 g/mol. The van der Waals surface area contributed by atoms with Crippen LogP contribution < -0.4 is 5.73 Å². The van der Waals surface area contributed by atoms with Gasteiger partial charge in [0.15, 0.2) is 0 Å². The molecule has 2 N–H and O–H groups in total. The highest BCUT2D eigenvalue weighted by Gasteiger charge is 2.09. The molecule has 1 heterocycles. The van der Waals surface area contributed by atoms with Gasteiger partial charge >= 0.3 is 0 Å². The monoisotopic (exact) mass is 347 g/mol. The summed E-state index contributed by atoms with van der Waals surface area (Å²) in [7, 11) is 0. The molecule has 84 valence electrons. The Balaban J connectivity index is 2.14. The molecule has 0 saturated carbocycles. The van der Waals surface area contributed by atoms with Crippen LogP contribution in [0.15, 0.2) is 41.2 Å². The largest absolute Gasteiger partial charge is 0.472 e. The fraction of sp³-hybridized carbons (Fsp3) is 0.167. The van der Waals surface area contributed by atoms with Crippen molar-refractivity contribution >= 4 is 34.2 Å². The van der Waals surface area contributed by atoms with E-state index in [0.29, 0.717) is 0 Å². The molecule has 2 rings (SSSR count). The molecule has 1 atom stereocenters. The van der Waals surface area contributed by atoms with Gasteiger partial charge in [0, 0.05) is 9.61 Å². The lowest BCUT2D eigenvalue weighted by Gasteiger charge is -2.11. The molecule has 16 heavy (non-hydrogen) atoms. The van der Waals surface area contributed by atoms with Crippen LogP contribution in [0, 0.1) is 3.57 Å². The van der Waals surface area contributed by atoms with Gasteiger partial charge in [-0.05, 0) is 58.3 Å². The maximum absolute atomic E-state index is 6.10. The Hall–Kier alpha value is -0.520. The molecule has 0 aliphatic heterocycles. The van der Waals surface area contributed by atoms with Gasteiger partial charge in [0.05, 0.1) is 17.5 Å². The predicted molar refractivity (Wildman–Crippen MR) is 73.5 cm³/mol. The van der Waals surface area contributed by atoms with Crippen LogP contribution in [0.1, 0.15) is 17.2 Å². The Labute approximate surface area is 113 Å². The molecule has 0 amide bonds. The third kappa shape index (κ3) is 2.78. The molecular formula is C12H11ClINO. The quantitative estimate of drug-likeness (QED) is 0.858. The van der Waals surface area contributed by atoms with Gasteiger partial charge in [0.2, 0.25) is 0 Å². The van der Waals surface area contributed by atoms with Crippen LogP contribution in [0.2, 0.25) is 5.02 Å². The first-order valence-corrected chi connectivity index (χ1v) is 6.34. The zero-order chi connectivity index (χ0) is 11.5. The van der Waals surface area contributed by atoms with E-state index in [0.717, 1.165) is 26.1 Å². The molecule has 2 aromatic rings.